The summed E-state index contributed by atoms with van der Waals surface area (Å²) in [4.78, 5) is 26.9. The largest absolute Gasteiger partial charge is 0.508 e. The van der Waals surface area contributed by atoms with Crippen LogP contribution in [0.25, 0.3) is 16.8 Å². The van der Waals surface area contributed by atoms with E-state index in [1.165, 1.54) is 24.3 Å². The highest BCUT2D eigenvalue weighted by Crippen LogP contribution is 2.45. The fourth-order valence-electron chi connectivity index (χ4n) is 4.66. The lowest BCUT2D eigenvalue weighted by atomic mass is 9.72. The number of carbonyl (C=O) groups is 2. The number of Topliss-reactive ketones (excluding diaryl/α,β-unsaturated/α-hetero) is 2. The van der Waals surface area contributed by atoms with Crippen molar-refractivity contribution in [2.75, 3.05) is 0 Å². The van der Waals surface area contributed by atoms with E-state index in [1.807, 2.05) is 42.5 Å². The normalized spacial score (nSPS) is 14.3. The smallest absolute Gasteiger partial charge is 0.192 e. The monoisotopic (exact) mass is 458 g/mol. The van der Waals surface area contributed by atoms with Crippen LogP contribution < -0.4 is 0 Å². The fourth-order valence-corrected chi connectivity index (χ4v) is 4.66. The molecule has 1 aliphatic rings. The predicted octanol–water partition coefficient (Wildman–Crippen LogP) is 6.61. The van der Waals surface area contributed by atoms with Gasteiger partial charge in [0.1, 0.15) is 11.5 Å². The van der Waals surface area contributed by atoms with Gasteiger partial charge in [-0.15, -0.1) is 0 Å². The second kappa shape index (κ2) is 8.58. The number of benzene rings is 4. The molecule has 0 saturated heterocycles. The van der Waals surface area contributed by atoms with Gasteiger partial charge in [0.25, 0.3) is 0 Å². The van der Waals surface area contributed by atoms with Crippen LogP contribution in [0.3, 0.4) is 0 Å². The highest BCUT2D eigenvalue weighted by Gasteiger charge is 2.33. The van der Waals surface area contributed by atoms with Gasteiger partial charge in [-0.25, -0.2) is 0 Å². The fraction of sp³-hybridized carbons (Fsp3) is 0.0323. The number of allylic oxidation sites excluding steroid dienone is 3. The summed E-state index contributed by atoms with van der Waals surface area (Å²) in [7, 11) is 0. The van der Waals surface area contributed by atoms with E-state index in [1.54, 1.807) is 24.3 Å². The Morgan fingerprint density at radius 3 is 1.83 bits per heavy atom. The molecule has 0 saturated carbocycles. The first-order chi connectivity index (χ1) is 16.8. The van der Waals surface area contributed by atoms with Gasteiger partial charge < -0.3 is 10.2 Å². The maximum absolute atomic E-state index is 13.5. The molecule has 4 aromatic carbocycles. The maximum Gasteiger partial charge on any atom is 0.192 e. The number of phenols is 2. The molecule has 0 fully saturated rings. The van der Waals surface area contributed by atoms with Gasteiger partial charge in [-0.3, -0.25) is 9.59 Å². The second-order valence-electron chi connectivity index (χ2n) is 8.58. The number of rotatable bonds is 6. The second-order valence-corrected chi connectivity index (χ2v) is 8.58. The van der Waals surface area contributed by atoms with Crippen LogP contribution in [0.2, 0.25) is 0 Å². The van der Waals surface area contributed by atoms with Crippen LogP contribution in [0.15, 0.2) is 115 Å². The molecule has 5 rings (SSSR count). The molecular formula is C31H22O4. The highest BCUT2D eigenvalue weighted by atomic mass is 16.3. The minimum Gasteiger partial charge on any atom is -0.508 e. The Morgan fingerprint density at radius 2 is 1.23 bits per heavy atom. The molecule has 4 aromatic rings. The number of hydrogen-bond donors (Lipinski definition) is 2. The Labute approximate surface area is 202 Å². The van der Waals surface area contributed by atoms with Crippen LogP contribution in [-0.2, 0) is 0 Å². The van der Waals surface area contributed by atoms with E-state index in [-0.39, 0.29) is 28.6 Å². The third kappa shape index (κ3) is 3.85. The number of carbonyl (C=O) groups excluding carboxylic acids is 2. The van der Waals surface area contributed by atoms with E-state index in [4.69, 9.17) is 0 Å². The zero-order chi connectivity index (χ0) is 24.7. The van der Waals surface area contributed by atoms with Crippen molar-refractivity contribution in [2.24, 2.45) is 0 Å². The van der Waals surface area contributed by atoms with E-state index >= 15 is 0 Å². The van der Waals surface area contributed by atoms with Crippen molar-refractivity contribution in [2.45, 2.75) is 5.92 Å². The molecule has 170 valence electrons. The molecule has 1 atom stereocenters. The van der Waals surface area contributed by atoms with E-state index in [2.05, 4.69) is 13.2 Å². The zero-order valence-corrected chi connectivity index (χ0v) is 18.9. The Morgan fingerprint density at radius 1 is 0.686 bits per heavy atom. The van der Waals surface area contributed by atoms with Crippen molar-refractivity contribution >= 4 is 28.4 Å². The molecule has 1 unspecified atom stereocenters. The van der Waals surface area contributed by atoms with E-state index in [0.717, 1.165) is 21.9 Å². The van der Waals surface area contributed by atoms with Crippen molar-refractivity contribution < 1.29 is 19.8 Å². The van der Waals surface area contributed by atoms with Gasteiger partial charge in [-0.2, -0.15) is 0 Å². The SMILES string of the molecule is C=C(C(=O)c1ccc(O)cc1)C1=Cc2cccc3cccc(c23)C1C(=C)C(=O)c1ccc(O)cc1. The summed E-state index contributed by atoms with van der Waals surface area (Å²) in [6.07, 6.45) is 1.91. The molecule has 2 N–H and O–H groups in total. The summed E-state index contributed by atoms with van der Waals surface area (Å²) in [5.41, 5.74) is 3.77. The van der Waals surface area contributed by atoms with Crippen LogP contribution >= 0.6 is 0 Å². The average molecular weight is 459 g/mol. The quantitative estimate of drug-likeness (QED) is 0.252. The first-order valence-corrected chi connectivity index (χ1v) is 11.1. The summed E-state index contributed by atoms with van der Waals surface area (Å²) < 4.78 is 0. The highest BCUT2D eigenvalue weighted by molar-refractivity contribution is 6.16. The molecule has 4 nitrogen and oxygen atoms in total. The predicted molar refractivity (Wildman–Crippen MR) is 138 cm³/mol. The minimum atomic E-state index is -0.580. The lowest BCUT2D eigenvalue weighted by Crippen LogP contribution is -2.19. The molecule has 1 aliphatic carbocycles. The van der Waals surface area contributed by atoms with Crippen LogP contribution in [0.4, 0.5) is 0 Å². The Balaban J connectivity index is 1.64. The molecule has 0 aromatic heterocycles. The summed E-state index contributed by atoms with van der Waals surface area (Å²) in [6.45, 7) is 8.30. The molecule has 0 heterocycles. The van der Waals surface area contributed by atoms with Crippen LogP contribution in [0, 0.1) is 0 Å². The van der Waals surface area contributed by atoms with Gasteiger partial charge in [0.15, 0.2) is 11.6 Å². The number of aromatic hydroxyl groups is 2. The van der Waals surface area contributed by atoms with Gasteiger partial charge in [-0.1, -0.05) is 49.6 Å². The van der Waals surface area contributed by atoms with E-state index in [0.29, 0.717) is 22.3 Å². The molecule has 0 spiro atoms. The molecule has 0 amide bonds. The number of ketones is 2. The number of phenolic OH excluding ortho intramolecular Hbond substituents is 2. The Hall–Kier alpha value is -4.70. The topological polar surface area (TPSA) is 74.6 Å². The summed E-state index contributed by atoms with van der Waals surface area (Å²) in [6, 6.07) is 23.9. The van der Waals surface area contributed by atoms with Crippen LogP contribution in [0.1, 0.15) is 37.8 Å². The van der Waals surface area contributed by atoms with Gasteiger partial charge in [-0.05, 0) is 82.1 Å². The molecule has 0 bridgehead atoms. The van der Waals surface area contributed by atoms with Crippen molar-refractivity contribution in [1.29, 1.82) is 0 Å². The summed E-state index contributed by atoms with van der Waals surface area (Å²) >= 11 is 0. The Kier molecular flexibility index (Phi) is 5.42. The average Bonchev–Trinajstić information content (AvgIpc) is 2.88. The Bertz CT molecular complexity index is 1550. The summed E-state index contributed by atoms with van der Waals surface area (Å²) in [5.74, 6) is -1.02. The van der Waals surface area contributed by atoms with Crippen LogP contribution in [-0.4, -0.2) is 21.8 Å². The third-order valence-corrected chi connectivity index (χ3v) is 6.42. The minimum absolute atomic E-state index is 0.0652. The third-order valence-electron chi connectivity index (χ3n) is 6.42. The maximum atomic E-state index is 13.5. The van der Waals surface area contributed by atoms with Gasteiger partial charge >= 0.3 is 0 Å². The molecular weight excluding hydrogens is 436 g/mol. The first kappa shape index (κ1) is 22.1. The first-order valence-electron chi connectivity index (χ1n) is 11.1. The number of hydrogen-bond acceptors (Lipinski definition) is 4. The lowest BCUT2D eigenvalue weighted by Gasteiger charge is -2.29. The molecule has 4 heteroatoms. The molecule has 0 radical (unpaired) electrons. The van der Waals surface area contributed by atoms with Crippen molar-refractivity contribution in [3.8, 4) is 11.5 Å². The van der Waals surface area contributed by atoms with Gasteiger partial charge in [0, 0.05) is 28.2 Å². The van der Waals surface area contributed by atoms with Crippen molar-refractivity contribution in [1.82, 2.24) is 0 Å². The molecule has 0 aliphatic heterocycles. The van der Waals surface area contributed by atoms with E-state index < -0.39 is 5.92 Å². The van der Waals surface area contributed by atoms with Crippen molar-refractivity contribution in [3.05, 3.63) is 137 Å². The van der Waals surface area contributed by atoms with Gasteiger partial charge in [0.2, 0.25) is 0 Å². The zero-order valence-electron chi connectivity index (χ0n) is 18.9. The lowest BCUT2D eigenvalue weighted by molar-refractivity contribution is 0.101. The van der Waals surface area contributed by atoms with Gasteiger partial charge in [0.05, 0.1) is 0 Å². The summed E-state index contributed by atoms with van der Waals surface area (Å²) in [5, 5.41) is 21.3. The van der Waals surface area contributed by atoms with E-state index in [9.17, 15) is 19.8 Å². The standard InChI is InChI=1S/C31H22O4/c1-18(30(34)21-9-13-24(32)14-10-21)27-17-23-7-3-5-20-6-4-8-26(29(20)23)28(27)19(2)31(35)22-11-15-25(33)16-12-22/h3-17,28,32-33H,1-2H2. The van der Waals surface area contributed by atoms with Crippen molar-refractivity contribution in [3.63, 3.8) is 0 Å². The van der Waals surface area contributed by atoms with Crippen LogP contribution in [0.5, 0.6) is 11.5 Å². The molecule has 35 heavy (non-hydrogen) atoms.